The highest BCUT2D eigenvalue weighted by Gasteiger charge is 2.36. The summed E-state index contributed by atoms with van der Waals surface area (Å²) >= 11 is 0. The van der Waals surface area contributed by atoms with Crippen LogP contribution >= 0.6 is 0 Å². The molecule has 0 spiro atoms. The molecule has 0 saturated carbocycles. The number of carbonyl (C=O) groups is 1. The van der Waals surface area contributed by atoms with Crippen molar-refractivity contribution < 1.29 is 22.2 Å². The lowest BCUT2D eigenvalue weighted by molar-refractivity contribution is 0.160. The Labute approximate surface area is 172 Å². The van der Waals surface area contributed by atoms with Gasteiger partial charge in [0.1, 0.15) is 0 Å². The van der Waals surface area contributed by atoms with Gasteiger partial charge in [0.25, 0.3) is 0 Å². The number of hydrogen-bond acceptors (Lipinski definition) is 5. The van der Waals surface area contributed by atoms with E-state index >= 15 is 0 Å². The lowest BCUT2D eigenvalue weighted by Crippen LogP contribution is -2.25. The van der Waals surface area contributed by atoms with E-state index in [-0.39, 0.29) is 11.6 Å². The molecule has 1 unspecified atom stereocenters. The molecule has 1 aromatic heterocycles. The number of fused-ring (bicyclic) bond motifs is 2. The van der Waals surface area contributed by atoms with Crippen LogP contribution in [0.15, 0.2) is 20.2 Å². The normalized spacial score (nSPS) is 20.0. The number of alkyl halides is 2. The molecule has 2 aliphatic rings. The number of allylic oxidation sites excluding steroid dienone is 1. The van der Waals surface area contributed by atoms with Crippen LogP contribution in [0.4, 0.5) is 23.7 Å². The van der Waals surface area contributed by atoms with Crippen molar-refractivity contribution in [3.05, 3.63) is 33.4 Å². The monoisotopic (exact) mass is 444 g/mol. The molecule has 164 valence electrons. The first-order valence-corrected chi connectivity index (χ1v) is 10.9. The molecule has 1 heterocycles. The molecule has 0 aromatic carbocycles. The third kappa shape index (κ3) is 4.33. The molecule has 0 aliphatic heterocycles. The summed E-state index contributed by atoms with van der Waals surface area (Å²) in [4.78, 5) is 19.8. The predicted octanol–water partition coefficient (Wildman–Crippen LogP) is 3.06. The summed E-state index contributed by atoms with van der Waals surface area (Å²) in [5.41, 5.74) is 9.35. The highest BCUT2D eigenvalue weighted by Crippen LogP contribution is 2.44. The summed E-state index contributed by atoms with van der Waals surface area (Å²) in [5.74, 6) is -1.55. The maximum Gasteiger partial charge on any atom is 0.354 e. The fourth-order valence-electron chi connectivity index (χ4n) is 3.76. The van der Waals surface area contributed by atoms with E-state index in [1.165, 1.54) is 0 Å². The number of amides is 2. The second-order valence-electron chi connectivity index (χ2n) is 7.83. The quantitative estimate of drug-likeness (QED) is 0.486. The van der Waals surface area contributed by atoms with Crippen LogP contribution in [0.3, 0.4) is 0 Å². The van der Waals surface area contributed by atoms with Gasteiger partial charge in [0.05, 0.1) is 17.6 Å². The van der Waals surface area contributed by atoms with Crippen LogP contribution in [0.25, 0.3) is 0 Å². The van der Waals surface area contributed by atoms with E-state index in [9.17, 15) is 22.2 Å². The fourth-order valence-corrected chi connectivity index (χ4v) is 4.48. The number of aliphatic imine (C=N–C) groups is 1. The summed E-state index contributed by atoms with van der Waals surface area (Å²) in [5, 5.41) is 6.88. The summed E-state index contributed by atoms with van der Waals surface area (Å²) in [7, 11) is -4.18. The topological polar surface area (TPSA) is 136 Å². The zero-order valence-corrected chi connectivity index (χ0v) is 17.4. The number of aryl methyl sites for hydroxylation is 1. The first-order chi connectivity index (χ1) is 13.9. The second-order valence-corrected chi connectivity index (χ2v) is 9.59. The van der Waals surface area contributed by atoms with Crippen LogP contribution in [-0.4, -0.2) is 28.0 Å². The molecular formula is C18H23F3N6O2S. The molecule has 5 N–H and O–H groups in total. The van der Waals surface area contributed by atoms with Gasteiger partial charge in [-0.15, -0.1) is 4.36 Å². The highest BCUT2D eigenvalue weighted by atomic mass is 32.2. The van der Waals surface area contributed by atoms with E-state index in [0.717, 1.165) is 48.2 Å². The van der Waals surface area contributed by atoms with E-state index in [2.05, 4.69) is 28.5 Å². The highest BCUT2D eigenvalue weighted by molar-refractivity contribution is 7.95. The number of nitrogens with zero attached hydrogens (tertiary/aromatic N) is 3. The number of rotatable bonds is 4. The molecule has 1 atom stereocenters. The summed E-state index contributed by atoms with van der Waals surface area (Å²) in [6, 6.07) is -1.07. The number of nitrogens with two attached hydrogens (primary N) is 2. The van der Waals surface area contributed by atoms with Crippen molar-refractivity contribution in [1.82, 2.24) is 4.98 Å². The molecule has 1 aromatic rings. The Kier molecular flexibility index (Phi) is 5.92. The maximum absolute atomic E-state index is 13.8. The van der Waals surface area contributed by atoms with Gasteiger partial charge in [0.2, 0.25) is 0 Å². The number of aromatic nitrogens is 1. The third-order valence-electron chi connectivity index (χ3n) is 5.27. The van der Waals surface area contributed by atoms with Gasteiger partial charge in [0.15, 0.2) is 20.8 Å². The van der Waals surface area contributed by atoms with E-state index in [0.29, 0.717) is 12.1 Å². The third-order valence-corrected chi connectivity index (χ3v) is 6.53. The zero-order chi connectivity index (χ0) is 22.3. The summed E-state index contributed by atoms with van der Waals surface area (Å²) in [6.45, 7) is 0.966. The fraction of sp³-hybridized carbons (Fsp3) is 0.500. The van der Waals surface area contributed by atoms with E-state index in [4.69, 9.17) is 15.9 Å². The average Bonchev–Trinajstić information content (AvgIpc) is 3.23. The van der Waals surface area contributed by atoms with Crippen molar-refractivity contribution in [2.45, 2.75) is 57.9 Å². The molecule has 2 amide bonds. The van der Waals surface area contributed by atoms with Gasteiger partial charge in [-0.3, -0.25) is 4.98 Å². The molecule has 3 rings (SSSR count). The van der Waals surface area contributed by atoms with Gasteiger partial charge in [-0.2, -0.15) is 8.78 Å². The van der Waals surface area contributed by atoms with Gasteiger partial charge in [-0.1, -0.05) is 13.8 Å². The minimum atomic E-state index is -4.18. The second kappa shape index (κ2) is 7.99. The van der Waals surface area contributed by atoms with Gasteiger partial charge < -0.3 is 11.1 Å². The number of anilines is 1. The molecule has 0 fully saturated rings. The summed E-state index contributed by atoms with van der Waals surface area (Å²) < 4.78 is 53.6. The van der Waals surface area contributed by atoms with E-state index < -0.39 is 33.4 Å². The molecule has 8 nitrogen and oxygen atoms in total. The number of hydrogen-bond donors (Lipinski definition) is 3. The Morgan fingerprint density at radius 2 is 2.00 bits per heavy atom. The molecule has 0 bridgehead atoms. The molecule has 30 heavy (non-hydrogen) atoms. The first-order valence-electron chi connectivity index (χ1n) is 9.30. The zero-order valence-electron chi connectivity index (χ0n) is 16.5. The van der Waals surface area contributed by atoms with Crippen molar-refractivity contribution >= 4 is 27.8 Å². The van der Waals surface area contributed by atoms with Crippen LogP contribution < -0.4 is 16.2 Å². The van der Waals surface area contributed by atoms with Crippen LogP contribution in [-0.2, 0) is 34.6 Å². The van der Waals surface area contributed by atoms with Gasteiger partial charge >= 0.3 is 12.6 Å². The van der Waals surface area contributed by atoms with Crippen molar-refractivity contribution in [2.75, 3.05) is 5.32 Å². The van der Waals surface area contributed by atoms with E-state index in [1.807, 2.05) is 0 Å². The number of carbonyl (C=O) groups excluding carboxylic acids is 1. The first kappa shape index (κ1) is 22.2. The number of pyridine rings is 1. The van der Waals surface area contributed by atoms with E-state index in [1.54, 1.807) is 0 Å². The SMILES string of the molecule is CC1(C)CCc2c1nc1c(c2NC(=O)N=S(N)(=O)C(N)=C(F)C=NC(F)F)CCC1. The minimum absolute atomic E-state index is 0.0879. The Morgan fingerprint density at radius 1 is 1.30 bits per heavy atom. The maximum atomic E-state index is 13.8. The van der Waals surface area contributed by atoms with Crippen LogP contribution in [0.1, 0.15) is 49.2 Å². The molecular weight excluding hydrogens is 421 g/mol. The minimum Gasteiger partial charge on any atom is -0.387 e. The molecule has 0 saturated heterocycles. The summed E-state index contributed by atoms with van der Waals surface area (Å²) in [6.07, 6.45) is 4.06. The number of halogens is 3. The Morgan fingerprint density at radius 3 is 2.67 bits per heavy atom. The van der Waals surface area contributed by atoms with Crippen molar-refractivity contribution in [3.8, 4) is 0 Å². The molecule has 0 radical (unpaired) electrons. The largest absolute Gasteiger partial charge is 0.387 e. The van der Waals surface area contributed by atoms with Crippen LogP contribution in [0.5, 0.6) is 0 Å². The van der Waals surface area contributed by atoms with Gasteiger partial charge in [0, 0.05) is 11.1 Å². The van der Waals surface area contributed by atoms with Crippen LogP contribution in [0.2, 0.25) is 0 Å². The van der Waals surface area contributed by atoms with Crippen molar-refractivity contribution in [3.63, 3.8) is 0 Å². The lowest BCUT2D eigenvalue weighted by atomic mass is 9.90. The Hall–Kier alpha value is -2.47. The molecule has 2 aliphatic carbocycles. The average molecular weight is 444 g/mol. The Bertz CT molecular complexity index is 1070. The predicted molar refractivity (Wildman–Crippen MR) is 108 cm³/mol. The van der Waals surface area contributed by atoms with Crippen molar-refractivity contribution in [2.24, 2.45) is 20.2 Å². The lowest BCUT2D eigenvalue weighted by Gasteiger charge is -2.20. The van der Waals surface area contributed by atoms with Gasteiger partial charge in [-0.05, 0) is 43.2 Å². The Balaban J connectivity index is 1.96. The standard InChI is InChI=1S/C18H23F3N6O2S/c1-18(2)7-6-10-13(9-4-3-5-12(9)25-14(10)18)26-17(28)27-30(23,29)15(22)11(19)8-24-16(20)21/h8,16H,3-7,22H2,1-2H3,(H3,23,25,26,27,28,29). The van der Waals surface area contributed by atoms with Crippen LogP contribution in [0, 0.1) is 0 Å². The number of urea groups is 1. The number of nitrogens with one attached hydrogen (secondary N) is 1. The van der Waals surface area contributed by atoms with Crippen molar-refractivity contribution in [1.29, 1.82) is 0 Å². The van der Waals surface area contributed by atoms with Gasteiger partial charge in [-0.25, -0.2) is 23.5 Å². The molecule has 12 heteroatoms. The smallest absolute Gasteiger partial charge is 0.354 e.